The van der Waals surface area contributed by atoms with Crippen LogP contribution in [-0.4, -0.2) is 25.3 Å². The number of hydrogen-bond acceptors (Lipinski definition) is 5. The van der Waals surface area contributed by atoms with Crippen LogP contribution in [0.4, 0.5) is 5.82 Å². The lowest BCUT2D eigenvalue weighted by Gasteiger charge is -2.05. The van der Waals surface area contributed by atoms with E-state index in [1.165, 1.54) is 11.8 Å². The van der Waals surface area contributed by atoms with E-state index in [1.807, 2.05) is 12.1 Å². The Morgan fingerprint density at radius 1 is 1.30 bits per heavy atom. The zero-order valence-electron chi connectivity index (χ0n) is 12.5. The van der Waals surface area contributed by atoms with Crippen molar-refractivity contribution in [1.29, 1.82) is 0 Å². The van der Waals surface area contributed by atoms with Crippen molar-refractivity contribution in [2.24, 2.45) is 0 Å². The molecule has 0 aliphatic rings. The van der Waals surface area contributed by atoms with E-state index in [2.05, 4.69) is 21.9 Å². The molecule has 120 valence electrons. The third-order valence-electron chi connectivity index (χ3n) is 3.32. The van der Waals surface area contributed by atoms with Crippen molar-refractivity contribution in [1.82, 2.24) is 19.5 Å². The fraction of sp³-hybridized carbons (Fsp3) is 0.267. The van der Waals surface area contributed by atoms with Gasteiger partial charge in [-0.15, -0.1) is 0 Å². The minimum absolute atomic E-state index is 0.256. The smallest absolute Gasteiger partial charge is 0.328 e. The van der Waals surface area contributed by atoms with Gasteiger partial charge in [-0.2, -0.15) is 0 Å². The van der Waals surface area contributed by atoms with E-state index in [-0.39, 0.29) is 5.69 Å². The van der Waals surface area contributed by atoms with Crippen molar-refractivity contribution < 1.29 is 0 Å². The molecule has 6 nitrogen and oxygen atoms in total. The van der Waals surface area contributed by atoms with Crippen molar-refractivity contribution >= 4 is 40.3 Å². The van der Waals surface area contributed by atoms with E-state index in [0.717, 1.165) is 17.7 Å². The molecule has 2 aromatic heterocycles. The lowest BCUT2D eigenvalue weighted by atomic mass is 10.2. The van der Waals surface area contributed by atoms with Gasteiger partial charge < -0.3 is 10.7 Å². The summed E-state index contributed by atoms with van der Waals surface area (Å²) < 4.78 is 1.56. The number of nitrogen functional groups attached to an aromatic ring is 1. The summed E-state index contributed by atoms with van der Waals surface area (Å²) in [5.74, 6) is 1.19. The maximum Gasteiger partial charge on any atom is 0.328 e. The van der Waals surface area contributed by atoms with E-state index in [1.54, 1.807) is 16.7 Å². The topological polar surface area (TPSA) is 89.6 Å². The first-order valence-corrected chi connectivity index (χ1v) is 8.58. The molecule has 23 heavy (non-hydrogen) atoms. The highest BCUT2D eigenvalue weighted by atomic mass is 35.5. The lowest BCUT2D eigenvalue weighted by Crippen LogP contribution is -2.17. The fourth-order valence-corrected chi connectivity index (χ4v) is 3.03. The number of anilines is 1. The normalized spacial score (nSPS) is 11.2. The second kappa shape index (κ2) is 6.64. The fourth-order valence-electron chi connectivity index (χ4n) is 2.21. The van der Waals surface area contributed by atoms with Crippen molar-refractivity contribution in [2.75, 3.05) is 11.5 Å². The average molecular weight is 350 g/mol. The molecule has 0 aliphatic heterocycles. The van der Waals surface area contributed by atoms with Crippen molar-refractivity contribution in [3.8, 4) is 0 Å². The third-order valence-corrected chi connectivity index (χ3v) is 4.62. The van der Waals surface area contributed by atoms with Gasteiger partial charge >= 0.3 is 5.69 Å². The number of nitrogens with two attached hydrogens (primary N) is 1. The summed E-state index contributed by atoms with van der Waals surface area (Å²) >= 11 is 7.42. The van der Waals surface area contributed by atoms with Gasteiger partial charge in [-0.05, 0) is 24.1 Å². The molecule has 0 bridgehead atoms. The summed E-state index contributed by atoms with van der Waals surface area (Å²) in [5, 5.41) is 1.24. The molecule has 0 atom stereocenters. The third kappa shape index (κ3) is 3.35. The molecule has 0 unspecified atom stereocenters. The Kier molecular flexibility index (Phi) is 4.58. The summed E-state index contributed by atoms with van der Waals surface area (Å²) in [5.41, 5.74) is 7.66. The number of imidazole rings is 1. The van der Waals surface area contributed by atoms with Crippen LogP contribution in [0.2, 0.25) is 5.02 Å². The van der Waals surface area contributed by atoms with Crippen molar-refractivity contribution in [2.45, 2.75) is 25.0 Å². The first kappa shape index (κ1) is 15.9. The minimum atomic E-state index is -0.256. The minimum Gasteiger partial charge on any atom is -0.382 e. The monoisotopic (exact) mass is 349 g/mol. The van der Waals surface area contributed by atoms with Gasteiger partial charge in [0.1, 0.15) is 5.52 Å². The summed E-state index contributed by atoms with van der Waals surface area (Å²) in [6.07, 6.45) is 1.01. The number of benzene rings is 1. The zero-order chi connectivity index (χ0) is 16.4. The number of nitrogens with one attached hydrogen (secondary N) is 1. The highest BCUT2D eigenvalue weighted by Gasteiger charge is 2.14. The summed E-state index contributed by atoms with van der Waals surface area (Å²) in [6, 6.07) is 7.35. The maximum atomic E-state index is 12.2. The first-order valence-electron chi connectivity index (χ1n) is 7.21. The number of H-pyrrole nitrogens is 1. The second-order valence-electron chi connectivity index (χ2n) is 5.08. The van der Waals surface area contributed by atoms with Gasteiger partial charge in [-0.3, -0.25) is 4.57 Å². The van der Waals surface area contributed by atoms with Crippen LogP contribution in [0, 0.1) is 0 Å². The number of aromatic nitrogens is 4. The Morgan fingerprint density at radius 3 is 2.74 bits per heavy atom. The molecule has 0 saturated heterocycles. The first-order chi connectivity index (χ1) is 11.1. The Morgan fingerprint density at radius 2 is 2.04 bits per heavy atom. The highest BCUT2D eigenvalue weighted by Crippen LogP contribution is 2.21. The van der Waals surface area contributed by atoms with E-state index in [4.69, 9.17) is 17.3 Å². The van der Waals surface area contributed by atoms with Crippen molar-refractivity contribution in [3.05, 3.63) is 45.3 Å². The van der Waals surface area contributed by atoms with Gasteiger partial charge in [0.2, 0.25) is 0 Å². The molecule has 3 N–H and O–H groups in total. The molecule has 3 rings (SSSR count). The number of thioether (sulfide) groups is 1. The second-order valence-corrected chi connectivity index (χ2v) is 6.58. The molecule has 0 aliphatic carbocycles. The molecule has 1 aromatic carbocycles. The molecular formula is C15H16ClN5OS. The molecular weight excluding hydrogens is 334 g/mol. The Bertz CT molecular complexity index is 887. The van der Waals surface area contributed by atoms with E-state index in [0.29, 0.717) is 33.7 Å². The van der Waals surface area contributed by atoms with Gasteiger partial charge in [-0.1, -0.05) is 42.4 Å². The standard InChI is InChI=1S/C15H16ClN5OS/c1-2-7-23-14-19-12(17)11-13(20-14)21(15(22)18-11)8-9-3-5-10(16)6-4-9/h3-6H,2,7-8H2,1H3,(H,18,22)(H2,17,19,20). The Hall–Kier alpha value is -1.99. The predicted molar refractivity (Wildman–Crippen MR) is 94.1 cm³/mol. The van der Waals surface area contributed by atoms with Crippen LogP contribution in [-0.2, 0) is 6.54 Å². The molecule has 2 heterocycles. The molecule has 0 radical (unpaired) electrons. The van der Waals surface area contributed by atoms with Crippen LogP contribution in [0.25, 0.3) is 11.2 Å². The number of rotatable bonds is 5. The summed E-state index contributed by atoms with van der Waals surface area (Å²) in [4.78, 5) is 23.7. The number of nitrogens with zero attached hydrogens (tertiary/aromatic N) is 3. The van der Waals surface area contributed by atoms with Crippen molar-refractivity contribution in [3.63, 3.8) is 0 Å². The van der Waals surface area contributed by atoms with Gasteiger partial charge in [0.15, 0.2) is 16.6 Å². The Balaban J connectivity index is 2.04. The molecule has 8 heteroatoms. The molecule has 0 spiro atoms. The molecule has 0 saturated carbocycles. The summed E-state index contributed by atoms with van der Waals surface area (Å²) in [7, 11) is 0. The highest BCUT2D eigenvalue weighted by molar-refractivity contribution is 7.99. The van der Waals surface area contributed by atoms with Gasteiger partial charge in [0.25, 0.3) is 0 Å². The largest absolute Gasteiger partial charge is 0.382 e. The van der Waals surface area contributed by atoms with Crippen LogP contribution in [0.1, 0.15) is 18.9 Å². The zero-order valence-corrected chi connectivity index (χ0v) is 14.1. The van der Waals surface area contributed by atoms with E-state index >= 15 is 0 Å². The quantitative estimate of drug-likeness (QED) is 0.546. The Labute approximate surface area is 142 Å². The van der Waals surface area contributed by atoms with Gasteiger partial charge in [0.05, 0.1) is 6.54 Å². The molecule has 0 fully saturated rings. The van der Waals surface area contributed by atoms with Crippen LogP contribution >= 0.6 is 23.4 Å². The van der Waals surface area contributed by atoms with Gasteiger partial charge in [0, 0.05) is 10.8 Å². The average Bonchev–Trinajstić information content (AvgIpc) is 2.84. The number of hydrogen-bond donors (Lipinski definition) is 2. The predicted octanol–water partition coefficient (Wildman–Crippen LogP) is 2.91. The van der Waals surface area contributed by atoms with Crippen LogP contribution < -0.4 is 11.4 Å². The van der Waals surface area contributed by atoms with Crippen LogP contribution in [0.3, 0.4) is 0 Å². The number of halogens is 1. The number of aromatic amines is 1. The van der Waals surface area contributed by atoms with Gasteiger partial charge in [-0.25, -0.2) is 14.8 Å². The molecule has 3 aromatic rings. The van der Waals surface area contributed by atoms with E-state index in [9.17, 15) is 4.79 Å². The maximum absolute atomic E-state index is 12.2. The van der Waals surface area contributed by atoms with Crippen LogP contribution in [0.5, 0.6) is 0 Å². The lowest BCUT2D eigenvalue weighted by molar-refractivity contribution is 0.771. The number of fused-ring (bicyclic) bond motifs is 1. The van der Waals surface area contributed by atoms with E-state index < -0.39 is 0 Å². The molecule has 0 amide bonds. The SMILES string of the molecule is CCCSc1nc(N)c2[nH]c(=O)n(Cc3ccc(Cl)cc3)c2n1. The summed E-state index contributed by atoms with van der Waals surface area (Å²) in [6.45, 7) is 2.48. The van der Waals surface area contributed by atoms with Crippen LogP contribution in [0.15, 0.2) is 34.2 Å².